The lowest BCUT2D eigenvalue weighted by molar-refractivity contribution is 0.0762. The van der Waals surface area contributed by atoms with Crippen molar-refractivity contribution >= 4 is 11.6 Å². The highest BCUT2D eigenvalue weighted by molar-refractivity contribution is 5.95. The average Bonchev–Trinajstić information content (AvgIpc) is 2.88. The lowest BCUT2D eigenvalue weighted by atomic mass is 10.0. The van der Waals surface area contributed by atoms with Gasteiger partial charge in [0.05, 0.1) is 18.9 Å². The Morgan fingerprint density at radius 3 is 2.89 bits per heavy atom. The van der Waals surface area contributed by atoms with E-state index in [-0.39, 0.29) is 17.9 Å². The monoisotopic (exact) mass is 264 g/mol. The maximum absolute atomic E-state index is 12.3. The molecular weight excluding hydrogens is 244 g/mol. The number of ether oxygens (including phenoxy) is 1. The molecule has 2 rings (SSSR count). The number of carbonyl (C=O) groups excluding carboxylic acids is 1. The summed E-state index contributed by atoms with van der Waals surface area (Å²) in [5, 5.41) is 9.57. The summed E-state index contributed by atoms with van der Waals surface area (Å²) in [4.78, 5) is 14.1. The fourth-order valence-electron chi connectivity index (χ4n) is 2.39. The van der Waals surface area contributed by atoms with E-state index >= 15 is 0 Å². The summed E-state index contributed by atoms with van der Waals surface area (Å²) >= 11 is 0. The van der Waals surface area contributed by atoms with Crippen LogP contribution in [0.25, 0.3) is 0 Å². The van der Waals surface area contributed by atoms with E-state index in [2.05, 4.69) is 0 Å². The van der Waals surface area contributed by atoms with Crippen molar-refractivity contribution in [2.24, 2.45) is 5.92 Å². The van der Waals surface area contributed by atoms with Crippen LogP contribution in [-0.4, -0.2) is 42.2 Å². The number of methoxy groups -OCH3 is 1. The number of nitrogens with two attached hydrogens (primary N) is 1. The number of benzene rings is 1. The Hall–Kier alpha value is -1.75. The molecule has 5 nitrogen and oxygen atoms in total. The molecule has 0 bridgehead atoms. The zero-order valence-corrected chi connectivity index (χ0v) is 11.3. The first kappa shape index (κ1) is 13.7. The first-order valence-electron chi connectivity index (χ1n) is 6.43. The standard InChI is InChI=1S/C14H20N2O3/c1-9(17)11-5-6-16(8-11)14(18)10-3-4-12(15)13(7-10)19-2/h3-4,7,9,11,17H,5-6,8,15H2,1-2H3. The Bertz CT molecular complexity index is 474. The summed E-state index contributed by atoms with van der Waals surface area (Å²) in [6, 6.07) is 5.04. The van der Waals surface area contributed by atoms with Crippen molar-refractivity contribution in [3.8, 4) is 5.75 Å². The van der Waals surface area contributed by atoms with Gasteiger partial charge in [-0.3, -0.25) is 4.79 Å². The van der Waals surface area contributed by atoms with E-state index in [4.69, 9.17) is 10.5 Å². The molecular formula is C14H20N2O3. The van der Waals surface area contributed by atoms with Crippen molar-refractivity contribution < 1.29 is 14.6 Å². The van der Waals surface area contributed by atoms with Crippen LogP contribution in [0.15, 0.2) is 18.2 Å². The maximum atomic E-state index is 12.3. The van der Waals surface area contributed by atoms with Crippen molar-refractivity contribution in [3.05, 3.63) is 23.8 Å². The Morgan fingerprint density at radius 2 is 2.32 bits per heavy atom. The molecule has 1 aliphatic heterocycles. The smallest absolute Gasteiger partial charge is 0.254 e. The Labute approximate surface area is 113 Å². The number of nitrogen functional groups attached to an aromatic ring is 1. The van der Waals surface area contributed by atoms with Crippen LogP contribution in [0.4, 0.5) is 5.69 Å². The lowest BCUT2D eigenvalue weighted by Crippen LogP contribution is -2.30. The lowest BCUT2D eigenvalue weighted by Gasteiger charge is -2.18. The molecule has 0 aromatic heterocycles. The molecule has 1 aromatic carbocycles. The molecule has 1 aromatic rings. The molecule has 1 heterocycles. The van der Waals surface area contributed by atoms with Gasteiger partial charge in [-0.15, -0.1) is 0 Å². The van der Waals surface area contributed by atoms with Crippen molar-refractivity contribution in [3.63, 3.8) is 0 Å². The molecule has 1 amide bonds. The minimum absolute atomic E-state index is 0.0403. The zero-order valence-electron chi connectivity index (χ0n) is 11.3. The molecule has 0 aliphatic carbocycles. The van der Waals surface area contributed by atoms with Crippen LogP contribution in [0.5, 0.6) is 5.75 Å². The van der Waals surface area contributed by atoms with Gasteiger partial charge in [0.25, 0.3) is 5.91 Å². The third-order valence-corrected chi connectivity index (χ3v) is 3.67. The Balaban J connectivity index is 2.12. The number of anilines is 1. The molecule has 0 spiro atoms. The molecule has 2 atom stereocenters. The van der Waals surface area contributed by atoms with Crippen LogP contribution in [-0.2, 0) is 0 Å². The van der Waals surface area contributed by atoms with Crippen molar-refractivity contribution in [2.75, 3.05) is 25.9 Å². The SMILES string of the molecule is COc1cc(C(=O)N2CCC(C(C)O)C2)ccc1N. The molecule has 1 saturated heterocycles. The predicted octanol–water partition coefficient (Wildman–Crippen LogP) is 1.12. The van der Waals surface area contributed by atoms with E-state index in [0.717, 1.165) is 6.42 Å². The third-order valence-electron chi connectivity index (χ3n) is 3.67. The van der Waals surface area contributed by atoms with Gasteiger partial charge in [0, 0.05) is 24.6 Å². The third kappa shape index (κ3) is 2.81. The zero-order chi connectivity index (χ0) is 14.0. The Kier molecular flexibility index (Phi) is 3.95. The second kappa shape index (κ2) is 5.48. The number of amides is 1. The number of aliphatic hydroxyl groups is 1. The summed E-state index contributed by atoms with van der Waals surface area (Å²) < 4.78 is 5.12. The second-order valence-electron chi connectivity index (χ2n) is 5.00. The maximum Gasteiger partial charge on any atom is 0.254 e. The normalized spacial score (nSPS) is 20.4. The van der Waals surface area contributed by atoms with Gasteiger partial charge in [0.1, 0.15) is 5.75 Å². The number of hydrogen-bond donors (Lipinski definition) is 2. The minimum atomic E-state index is -0.376. The summed E-state index contributed by atoms with van der Waals surface area (Å²) in [7, 11) is 1.53. The van der Waals surface area contributed by atoms with Crippen LogP contribution < -0.4 is 10.5 Å². The molecule has 2 unspecified atom stereocenters. The molecule has 0 radical (unpaired) electrons. The average molecular weight is 264 g/mol. The highest BCUT2D eigenvalue weighted by Crippen LogP contribution is 2.25. The van der Waals surface area contributed by atoms with E-state index in [1.54, 1.807) is 30.0 Å². The summed E-state index contributed by atoms with van der Waals surface area (Å²) in [5.41, 5.74) is 6.82. The van der Waals surface area contributed by atoms with Gasteiger partial charge in [-0.1, -0.05) is 0 Å². The van der Waals surface area contributed by atoms with Crippen molar-refractivity contribution in [2.45, 2.75) is 19.4 Å². The van der Waals surface area contributed by atoms with Gasteiger partial charge in [0.2, 0.25) is 0 Å². The van der Waals surface area contributed by atoms with Crippen LogP contribution in [0.2, 0.25) is 0 Å². The first-order chi connectivity index (χ1) is 9.02. The predicted molar refractivity (Wildman–Crippen MR) is 73.1 cm³/mol. The van der Waals surface area contributed by atoms with E-state index in [0.29, 0.717) is 30.1 Å². The molecule has 19 heavy (non-hydrogen) atoms. The number of aliphatic hydroxyl groups excluding tert-OH is 1. The van der Waals surface area contributed by atoms with E-state index in [9.17, 15) is 9.90 Å². The second-order valence-corrected chi connectivity index (χ2v) is 5.00. The van der Waals surface area contributed by atoms with Gasteiger partial charge < -0.3 is 20.5 Å². The molecule has 5 heteroatoms. The van der Waals surface area contributed by atoms with Gasteiger partial charge in [-0.2, -0.15) is 0 Å². The number of hydrogen-bond acceptors (Lipinski definition) is 4. The molecule has 104 valence electrons. The Morgan fingerprint density at radius 1 is 1.58 bits per heavy atom. The number of nitrogens with zero attached hydrogens (tertiary/aromatic N) is 1. The summed E-state index contributed by atoms with van der Waals surface area (Å²) in [6.45, 7) is 3.05. The topological polar surface area (TPSA) is 75.8 Å². The highest BCUT2D eigenvalue weighted by Gasteiger charge is 2.29. The molecule has 1 fully saturated rings. The van der Waals surface area contributed by atoms with Crippen LogP contribution in [0.1, 0.15) is 23.7 Å². The van der Waals surface area contributed by atoms with E-state index in [1.807, 2.05) is 0 Å². The largest absolute Gasteiger partial charge is 0.495 e. The van der Waals surface area contributed by atoms with Gasteiger partial charge in [-0.25, -0.2) is 0 Å². The van der Waals surface area contributed by atoms with Gasteiger partial charge >= 0.3 is 0 Å². The number of rotatable bonds is 3. The fourth-order valence-corrected chi connectivity index (χ4v) is 2.39. The van der Waals surface area contributed by atoms with E-state index < -0.39 is 0 Å². The van der Waals surface area contributed by atoms with Gasteiger partial charge in [0.15, 0.2) is 0 Å². The van der Waals surface area contributed by atoms with Crippen LogP contribution >= 0.6 is 0 Å². The number of likely N-dealkylation sites (tertiary alicyclic amines) is 1. The van der Waals surface area contributed by atoms with Crippen molar-refractivity contribution in [1.82, 2.24) is 4.90 Å². The van der Waals surface area contributed by atoms with Crippen molar-refractivity contribution in [1.29, 1.82) is 0 Å². The molecule has 1 aliphatic rings. The highest BCUT2D eigenvalue weighted by atomic mass is 16.5. The van der Waals surface area contributed by atoms with E-state index in [1.165, 1.54) is 7.11 Å². The first-order valence-corrected chi connectivity index (χ1v) is 6.43. The number of carbonyl (C=O) groups is 1. The minimum Gasteiger partial charge on any atom is -0.495 e. The van der Waals surface area contributed by atoms with Gasteiger partial charge in [-0.05, 0) is 31.5 Å². The molecule has 3 N–H and O–H groups in total. The summed E-state index contributed by atoms with van der Waals surface area (Å²) in [5.74, 6) is 0.637. The van der Waals surface area contributed by atoms with Crippen LogP contribution in [0.3, 0.4) is 0 Å². The fraction of sp³-hybridized carbons (Fsp3) is 0.500. The molecule has 0 saturated carbocycles. The van der Waals surface area contributed by atoms with Crippen LogP contribution in [0, 0.1) is 5.92 Å². The quantitative estimate of drug-likeness (QED) is 0.802. The summed E-state index contributed by atoms with van der Waals surface area (Å²) in [6.07, 6.45) is 0.467.